The maximum Gasteiger partial charge on any atom is 0.140 e. The van der Waals surface area contributed by atoms with E-state index >= 15 is 0 Å². The minimum Gasteiger partial charge on any atom is -0.353 e. The molecule has 0 amide bonds. The third-order valence-corrected chi connectivity index (χ3v) is 5.02. The first kappa shape index (κ1) is 22.6. The van der Waals surface area contributed by atoms with Gasteiger partial charge in [0.1, 0.15) is 11.6 Å². The van der Waals surface area contributed by atoms with E-state index in [-0.39, 0.29) is 24.8 Å². The largest absolute Gasteiger partial charge is 0.353 e. The van der Waals surface area contributed by atoms with Crippen LogP contribution >= 0.6 is 36.2 Å². The molecule has 3 aromatic rings. The first-order chi connectivity index (χ1) is 11.6. The summed E-state index contributed by atoms with van der Waals surface area (Å²) in [6, 6.07) is 8.11. The molecule has 0 aliphatic rings. The molecule has 0 saturated carbocycles. The van der Waals surface area contributed by atoms with Gasteiger partial charge in [0, 0.05) is 30.2 Å². The van der Waals surface area contributed by atoms with Gasteiger partial charge in [-0.05, 0) is 18.7 Å². The predicted octanol–water partition coefficient (Wildman–Crippen LogP) is 4.19. The number of nitrogens with zero attached hydrogens (tertiary/aromatic N) is 4. The average molecular weight is 414 g/mol. The second-order valence-electron chi connectivity index (χ2n) is 6.21. The van der Waals surface area contributed by atoms with Crippen LogP contribution in [0.1, 0.15) is 36.3 Å². The van der Waals surface area contributed by atoms with Crippen molar-refractivity contribution in [3.63, 3.8) is 0 Å². The SMILES string of the molecule is CC(C)c1nc(CN(C)c2nc(CCN)nc3ccccc23)cs1.Cl.Cl. The van der Waals surface area contributed by atoms with Gasteiger partial charge in [0.2, 0.25) is 0 Å². The number of rotatable bonds is 6. The number of thiazole rings is 1. The normalized spacial score (nSPS) is 10.5. The number of fused-ring (bicyclic) bond motifs is 1. The highest BCUT2D eigenvalue weighted by atomic mass is 35.5. The quantitative estimate of drug-likeness (QED) is 0.655. The molecule has 8 heteroatoms. The summed E-state index contributed by atoms with van der Waals surface area (Å²) in [6.07, 6.45) is 0.680. The highest BCUT2D eigenvalue weighted by Gasteiger charge is 2.14. The predicted molar refractivity (Wildman–Crippen MR) is 115 cm³/mol. The Morgan fingerprint density at radius 3 is 2.50 bits per heavy atom. The molecule has 1 aromatic carbocycles. The highest BCUT2D eigenvalue weighted by molar-refractivity contribution is 7.09. The van der Waals surface area contributed by atoms with Crippen LogP contribution < -0.4 is 10.6 Å². The molecule has 3 rings (SSSR count). The van der Waals surface area contributed by atoms with E-state index < -0.39 is 0 Å². The minimum atomic E-state index is 0. The van der Waals surface area contributed by atoms with Gasteiger partial charge >= 0.3 is 0 Å². The van der Waals surface area contributed by atoms with Crippen molar-refractivity contribution in [2.75, 3.05) is 18.5 Å². The molecule has 0 radical (unpaired) electrons. The van der Waals surface area contributed by atoms with Gasteiger partial charge in [0.05, 0.1) is 22.8 Å². The number of benzene rings is 1. The molecule has 26 heavy (non-hydrogen) atoms. The Hall–Kier alpha value is -1.47. The number of anilines is 1. The molecule has 0 fully saturated rings. The summed E-state index contributed by atoms with van der Waals surface area (Å²) < 4.78 is 0. The van der Waals surface area contributed by atoms with Crippen LogP contribution in [-0.4, -0.2) is 28.5 Å². The second-order valence-corrected chi connectivity index (χ2v) is 7.10. The molecule has 2 N–H and O–H groups in total. The third-order valence-electron chi connectivity index (χ3n) is 3.82. The second kappa shape index (κ2) is 10.0. The van der Waals surface area contributed by atoms with E-state index in [0.717, 1.165) is 34.8 Å². The van der Waals surface area contributed by atoms with Gasteiger partial charge in [-0.15, -0.1) is 36.2 Å². The Labute approximate surface area is 170 Å². The summed E-state index contributed by atoms with van der Waals surface area (Å²) in [6.45, 7) is 5.62. The molecule has 0 aliphatic heterocycles. The van der Waals surface area contributed by atoms with Crippen molar-refractivity contribution >= 4 is 52.9 Å². The van der Waals surface area contributed by atoms with Gasteiger partial charge in [-0.25, -0.2) is 15.0 Å². The van der Waals surface area contributed by atoms with E-state index in [4.69, 9.17) is 15.7 Å². The van der Waals surface area contributed by atoms with Crippen LogP contribution in [-0.2, 0) is 13.0 Å². The molecule has 142 valence electrons. The number of para-hydroxylation sites is 1. The third kappa shape index (κ3) is 5.04. The summed E-state index contributed by atoms with van der Waals surface area (Å²) >= 11 is 1.72. The van der Waals surface area contributed by atoms with E-state index in [9.17, 15) is 0 Å². The Kier molecular flexibility index (Phi) is 8.70. The van der Waals surface area contributed by atoms with Gasteiger partial charge < -0.3 is 10.6 Å². The molecule has 5 nitrogen and oxygen atoms in total. The number of halogens is 2. The summed E-state index contributed by atoms with van der Waals surface area (Å²) in [5.74, 6) is 2.19. The lowest BCUT2D eigenvalue weighted by atomic mass is 10.2. The smallest absolute Gasteiger partial charge is 0.140 e. The van der Waals surface area contributed by atoms with Crippen LogP contribution in [0.3, 0.4) is 0 Å². The number of nitrogens with two attached hydrogens (primary N) is 1. The van der Waals surface area contributed by atoms with Crippen LogP contribution in [0.2, 0.25) is 0 Å². The number of hydrogen-bond donors (Lipinski definition) is 1. The summed E-state index contributed by atoms with van der Waals surface area (Å²) in [5, 5.41) is 4.37. The van der Waals surface area contributed by atoms with Crippen LogP contribution in [0, 0.1) is 0 Å². The fourth-order valence-electron chi connectivity index (χ4n) is 2.62. The lowest BCUT2D eigenvalue weighted by molar-refractivity contribution is 0.811. The fraction of sp³-hybridized carbons (Fsp3) is 0.389. The molecular formula is C18H25Cl2N5S. The van der Waals surface area contributed by atoms with Crippen molar-refractivity contribution in [2.24, 2.45) is 5.73 Å². The molecule has 2 heterocycles. The van der Waals surface area contributed by atoms with E-state index in [1.807, 2.05) is 18.2 Å². The van der Waals surface area contributed by atoms with Gasteiger partial charge in [0.15, 0.2) is 0 Å². The van der Waals surface area contributed by atoms with Crippen molar-refractivity contribution in [2.45, 2.75) is 32.7 Å². The zero-order valence-corrected chi connectivity index (χ0v) is 17.6. The topological polar surface area (TPSA) is 67.9 Å². The van der Waals surface area contributed by atoms with E-state index in [1.54, 1.807) is 11.3 Å². The van der Waals surface area contributed by atoms with Crippen LogP contribution in [0.25, 0.3) is 10.9 Å². The van der Waals surface area contributed by atoms with Gasteiger partial charge in [-0.1, -0.05) is 26.0 Å². The summed E-state index contributed by atoms with van der Waals surface area (Å²) in [7, 11) is 2.05. The van der Waals surface area contributed by atoms with Crippen LogP contribution in [0.15, 0.2) is 29.6 Å². The fourth-order valence-corrected chi connectivity index (χ4v) is 3.44. The van der Waals surface area contributed by atoms with Crippen molar-refractivity contribution in [3.05, 3.63) is 46.2 Å². The van der Waals surface area contributed by atoms with Crippen molar-refractivity contribution < 1.29 is 0 Å². The van der Waals surface area contributed by atoms with Crippen LogP contribution in [0.5, 0.6) is 0 Å². The molecule has 0 saturated heterocycles. The van der Waals surface area contributed by atoms with E-state index in [0.29, 0.717) is 18.9 Å². The molecule has 0 spiro atoms. The molecule has 0 unspecified atom stereocenters. The standard InChI is InChI=1S/C18H23N5S.2ClH/c1-12(2)18-20-13(11-24-18)10-23(3)17-14-6-4-5-7-15(14)21-16(22-17)8-9-19;;/h4-7,11-12H,8-10,19H2,1-3H3;2*1H. The van der Waals surface area contributed by atoms with Gasteiger partial charge in [-0.2, -0.15) is 0 Å². The van der Waals surface area contributed by atoms with Crippen LogP contribution in [0.4, 0.5) is 5.82 Å². The summed E-state index contributed by atoms with van der Waals surface area (Å²) in [5.41, 5.74) is 7.72. The Morgan fingerprint density at radius 1 is 1.12 bits per heavy atom. The Morgan fingerprint density at radius 2 is 1.85 bits per heavy atom. The van der Waals surface area contributed by atoms with Gasteiger partial charge in [-0.3, -0.25) is 0 Å². The Bertz CT molecular complexity index is 837. The van der Waals surface area contributed by atoms with E-state index in [1.165, 1.54) is 5.01 Å². The monoisotopic (exact) mass is 413 g/mol. The lowest BCUT2D eigenvalue weighted by Gasteiger charge is -2.19. The molecule has 0 aliphatic carbocycles. The van der Waals surface area contributed by atoms with Gasteiger partial charge in [0.25, 0.3) is 0 Å². The molecule has 0 atom stereocenters. The highest BCUT2D eigenvalue weighted by Crippen LogP contribution is 2.25. The maximum atomic E-state index is 5.68. The first-order valence-corrected chi connectivity index (χ1v) is 9.07. The number of aromatic nitrogens is 3. The Balaban J connectivity index is 0.00000169. The van der Waals surface area contributed by atoms with Crippen molar-refractivity contribution in [1.29, 1.82) is 0 Å². The average Bonchev–Trinajstić information content (AvgIpc) is 3.03. The molecule has 2 aromatic heterocycles. The molecular weight excluding hydrogens is 389 g/mol. The van der Waals surface area contributed by atoms with Crippen molar-refractivity contribution in [3.8, 4) is 0 Å². The zero-order valence-electron chi connectivity index (χ0n) is 15.2. The first-order valence-electron chi connectivity index (χ1n) is 8.19. The maximum absolute atomic E-state index is 5.68. The van der Waals surface area contributed by atoms with E-state index in [2.05, 4.69) is 42.2 Å². The lowest BCUT2D eigenvalue weighted by Crippen LogP contribution is -2.20. The molecule has 0 bridgehead atoms. The zero-order chi connectivity index (χ0) is 17.1. The van der Waals surface area contributed by atoms with Crippen molar-refractivity contribution in [1.82, 2.24) is 15.0 Å². The summed E-state index contributed by atoms with van der Waals surface area (Å²) in [4.78, 5) is 16.2. The minimum absolute atomic E-state index is 0. The number of hydrogen-bond acceptors (Lipinski definition) is 6.